The maximum atomic E-state index is 13.4. The summed E-state index contributed by atoms with van der Waals surface area (Å²) in [4.78, 5) is 32.0. The molecule has 0 bridgehead atoms. The molecule has 1 N–H and O–H groups in total. The van der Waals surface area contributed by atoms with Crippen molar-refractivity contribution in [2.75, 3.05) is 58.4 Å². The Hall–Kier alpha value is -3.23. The first kappa shape index (κ1) is 23.9. The van der Waals surface area contributed by atoms with Crippen LogP contribution in [-0.2, 0) is 14.3 Å². The number of nitrogens with zero attached hydrogens (tertiary/aromatic N) is 3. The van der Waals surface area contributed by atoms with Gasteiger partial charge in [0.2, 0.25) is 0 Å². The van der Waals surface area contributed by atoms with E-state index in [-0.39, 0.29) is 11.3 Å². The van der Waals surface area contributed by atoms with Crippen molar-refractivity contribution in [3.05, 3.63) is 71.0 Å². The molecule has 0 saturated carbocycles. The topological polar surface area (TPSA) is 73.3 Å². The maximum absolute atomic E-state index is 13.4. The van der Waals surface area contributed by atoms with Gasteiger partial charge in [-0.05, 0) is 48.4 Å². The van der Waals surface area contributed by atoms with E-state index in [0.717, 1.165) is 30.9 Å². The second-order valence-corrected chi connectivity index (χ2v) is 8.79. The minimum absolute atomic E-state index is 0.0283. The maximum Gasteiger partial charge on any atom is 0.295 e. The van der Waals surface area contributed by atoms with Gasteiger partial charge in [0.05, 0.1) is 24.8 Å². The molecule has 0 aromatic heterocycles. The van der Waals surface area contributed by atoms with E-state index in [1.165, 1.54) is 24.3 Å². The molecule has 2 fully saturated rings. The number of carbonyl (C=O) groups excluding carboxylic acids is 2. The van der Waals surface area contributed by atoms with Gasteiger partial charge < -0.3 is 19.6 Å². The second-order valence-electron chi connectivity index (χ2n) is 8.79. The second kappa shape index (κ2) is 10.4. The highest BCUT2D eigenvalue weighted by atomic mass is 19.1. The van der Waals surface area contributed by atoms with E-state index in [1.807, 2.05) is 43.3 Å². The number of ketones is 1. The zero-order chi connectivity index (χ0) is 24.2. The van der Waals surface area contributed by atoms with Crippen molar-refractivity contribution < 1.29 is 23.8 Å². The Morgan fingerprint density at radius 2 is 1.68 bits per heavy atom. The molecule has 4 rings (SSSR count). The number of Topliss-reactive ketones (excluding diaryl/α,β-unsaturated/α-hetero) is 1. The highest BCUT2D eigenvalue weighted by molar-refractivity contribution is 6.46. The molecule has 1 atom stereocenters. The molecule has 1 amide bonds. The van der Waals surface area contributed by atoms with Crippen LogP contribution in [0.3, 0.4) is 0 Å². The predicted molar refractivity (Wildman–Crippen MR) is 128 cm³/mol. The summed E-state index contributed by atoms with van der Waals surface area (Å²) in [7, 11) is 3.86. The van der Waals surface area contributed by atoms with Crippen molar-refractivity contribution in [2.45, 2.75) is 12.5 Å². The zero-order valence-electron chi connectivity index (χ0n) is 19.5. The van der Waals surface area contributed by atoms with Gasteiger partial charge in [-0.2, -0.15) is 0 Å². The van der Waals surface area contributed by atoms with Crippen molar-refractivity contribution >= 4 is 23.1 Å². The fraction of sp³-hybridized carbons (Fsp3) is 0.385. The van der Waals surface area contributed by atoms with Crippen molar-refractivity contribution in [1.29, 1.82) is 0 Å². The summed E-state index contributed by atoms with van der Waals surface area (Å²) in [5.74, 6) is -2.10. The van der Waals surface area contributed by atoms with Gasteiger partial charge in [-0.1, -0.05) is 12.1 Å². The Kier molecular flexibility index (Phi) is 7.29. The Labute approximate surface area is 199 Å². The Morgan fingerprint density at radius 1 is 1.03 bits per heavy atom. The molecule has 34 heavy (non-hydrogen) atoms. The van der Waals surface area contributed by atoms with Crippen LogP contribution in [0, 0.1) is 5.82 Å². The average Bonchev–Trinajstić information content (AvgIpc) is 3.10. The highest BCUT2D eigenvalue weighted by Crippen LogP contribution is 2.39. The van der Waals surface area contributed by atoms with Crippen LogP contribution in [0.4, 0.5) is 10.1 Å². The monoisotopic (exact) mass is 467 g/mol. The zero-order valence-corrected chi connectivity index (χ0v) is 19.5. The van der Waals surface area contributed by atoms with Gasteiger partial charge in [0, 0.05) is 51.5 Å². The third-order valence-electron chi connectivity index (χ3n) is 6.36. The molecule has 7 nitrogen and oxygen atoms in total. The molecular weight excluding hydrogens is 437 g/mol. The van der Waals surface area contributed by atoms with Gasteiger partial charge >= 0.3 is 0 Å². The lowest BCUT2D eigenvalue weighted by Crippen LogP contribution is -2.38. The van der Waals surface area contributed by atoms with Crippen LogP contribution in [-0.4, -0.2) is 80.1 Å². The van der Waals surface area contributed by atoms with Gasteiger partial charge in [-0.3, -0.25) is 14.5 Å². The number of benzene rings is 2. The van der Waals surface area contributed by atoms with Crippen LogP contribution in [0.5, 0.6) is 0 Å². The van der Waals surface area contributed by atoms with Crippen LogP contribution in [0.15, 0.2) is 54.1 Å². The number of aliphatic hydroxyl groups is 1. The molecular formula is C26H30FN3O4. The number of aliphatic hydroxyl groups excluding tert-OH is 1. The molecule has 2 aromatic carbocycles. The minimum atomic E-state index is -0.727. The first-order chi connectivity index (χ1) is 16.4. The molecule has 0 aliphatic carbocycles. The molecule has 0 unspecified atom stereocenters. The number of anilines is 1. The summed E-state index contributed by atoms with van der Waals surface area (Å²) in [6.07, 6.45) is 0.690. The molecule has 2 aliphatic heterocycles. The van der Waals surface area contributed by atoms with E-state index >= 15 is 0 Å². The highest BCUT2D eigenvalue weighted by Gasteiger charge is 2.45. The fourth-order valence-corrected chi connectivity index (χ4v) is 4.46. The fourth-order valence-electron chi connectivity index (χ4n) is 4.46. The van der Waals surface area contributed by atoms with Gasteiger partial charge in [0.1, 0.15) is 11.6 Å². The van der Waals surface area contributed by atoms with E-state index < -0.39 is 23.5 Å². The summed E-state index contributed by atoms with van der Waals surface area (Å²) < 4.78 is 18.8. The number of rotatable bonds is 7. The number of hydrogen-bond acceptors (Lipinski definition) is 6. The third kappa shape index (κ3) is 4.98. The van der Waals surface area contributed by atoms with Crippen LogP contribution >= 0.6 is 0 Å². The standard InChI is InChI=1S/C26H30FN3O4/c1-28(2)21-10-6-18(7-11-21)23-22(24(31)19-4-8-20(27)9-5-19)25(32)26(33)30(23)13-3-12-29-14-16-34-17-15-29/h4-11,23,31H,3,12-17H2,1-2H3/b24-22+/t23-/m1/s1. The van der Waals surface area contributed by atoms with Gasteiger partial charge in [0.15, 0.2) is 0 Å². The summed E-state index contributed by atoms with van der Waals surface area (Å²) >= 11 is 0. The summed E-state index contributed by atoms with van der Waals surface area (Å²) in [6, 6.07) is 12.1. The third-order valence-corrected chi connectivity index (χ3v) is 6.36. The van der Waals surface area contributed by atoms with Gasteiger partial charge in [-0.25, -0.2) is 4.39 Å². The quantitative estimate of drug-likeness (QED) is 0.383. The summed E-state index contributed by atoms with van der Waals surface area (Å²) in [5.41, 5.74) is 2.04. The Bertz CT molecular complexity index is 1060. The lowest BCUT2D eigenvalue weighted by molar-refractivity contribution is -0.140. The number of amides is 1. The predicted octanol–water partition coefficient (Wildman–Crippen LogP) is 3.04. The number of ether oxygens (including phenoxy) is 1. The molecule has 2 heterocycles. The van der Waals surface area contributed by atoms with Crippen molar-refractivity contribution in [2.24, 2.45) is 0 Å². The van der Waals surface area contributed by atoms with Gasteiger partial charge in [0.25, 0.3) is 11.7 Å². The van der Waals surface area contributed by atoms with Crippen molar-refractivity contribution in [1.82, 2.24) is 9.80 Å². The molecule has 2 aromatic rings. The normalized spacial score (nSPS) is 20.7. The van der Waals surface area contributed by atoms with Crippen LogP contribution < -0.4 is 4.90 Å². The molecule has 0 spiro atoms. The molecule has 0 radical (unpaired) electrons. The first-order valence-corrected chi connectivity index (χ1v) is 11.5. The number of likely N-dealkylation sites (tertiary alicyclic amines) is 1. The smallest absolute Gasteiger partial charge is 0.295 e. The Morgan fingerprint density at radius 3 is 2.29 bits per heavy atom. The van der Waals surface area contributed by atoms with Gasteiger partial charge in [-0.15, -0.1) is 0 Å². The number of morpholine rings is 1. The number of hydrogen-bond donors (Lipinski definition) is 1. The van der Waals surface area contributed by atoms with E-state index in [9.17, 15) is 19.1 Å². The van der Waals surface area contributed by atoms with Crippen LogP contribution in [0.25, 0.3) is 5.76 Å². The SMILES string of the molecule is CN(C)c1ccc([C@@H]2/C(=C(\O)c3ccc(F)cc3)C(=O)C(=O)N2CCCN2CCOCC2)cc1. The number of halogens is 1. The van der Waals surface area contributed by atoms with Crippen molar-refractivity contribution in [3.63, 3.8) is 0 Å². The van der Waals surface area contributed by atoms with Crippen LogP contribution in [0.2, 0.25) is 0 Å². The summed E-state index contributed by atoms with van der Waals surface area (Å²) in [6.45, 7) is 4.25. The van der Waals surface area contributed by atoms with E-state index in [0.29, 0.717) is 31.7 Å². The molecule has 2 aliphatic rings. The molecule has 8 heteroatoms. The average molecular weight is 468 g/mol. The first-order valence-electron chi connectivity index (χ1n) is 11.5. The lowest BCUT2D eigenvalue weighted by Gasteiger charge is -2.29. The Balaban J connectivity index is 1.67. The van der Waals surface area contributed by atoms with Crippen molar-refractivity contribution in [3.8, 4) is 0 Å². The summed E-state index contributed by atoms with van der Waals surface area (Å²) in [5, 5.41) is 11.0. The number of carbonyl (C=O) groups is 2. The van der Waals surface area contributed by atoms with Crippen LogP contribution in [0.1, 0.15) is 23.6 Å². The molecule has 180 valence electrons. The largest absolute Gasteiger partial charge is 0.507 e. The lowest BCUT2D eigenvalue weighted by atomic mass is 9.95. The molecule has 2 saturated heterocycles. The van der Waals surface area contributed by atoms with E-state index in [2.05, 4.69) is 4.90 Å². The van der Waals surface area contributed by atoms with E-state index in [4.69, 9.17) is 4.74 Å². The van der Waals surface area contributed by atoms with E-state index in [1.54, 1.807) is 4.90 Å². The minimum Gasteiger partial charge on any atom is -0.507 e.